The van der Waals surface area contributed by atoms with Crippen LogP contribution >= 0.6 is 0 Å². The molecule has 3 N–H and O–H groups in total. The highest BCUT2D eigenvalue weighted by molar-refractivity contribution is 5.93. The van der Waals surface area contributed by atoms with E-state index in [9.17, 15) is 9.18 Å². The molecule has 162 valence electrons. The lowest BCUT2D eigenvalue weighted by molar-refractivity contribution is -0.0982. The third-order valence-corrected chi connectivity index (χ3v) is 5.93. The van der Waals surface area contributed by atoms with E-state index in [-0.39, 0.29) is 17.7 Å². The maximum Gasteiger partial charge on any atom is 0.262 e. The van der Waals surface area contributed by atoms with Crippen LogP contribution < -0.4 is 10.9 Å². The molecule has 0 radical (unpaired) electrons. The van der Waals surface area contributed by atoms with E-state index in [0.29, 0.717) is 23.4 Å². The molecule has 1 aliphatic rings. The van der Waals surface area contributed by atoms with Crippen molar-refractivity contribution >= 4 is 22.5 Å². The molecule has 0 aliphatic heterocycles. The van der Waals surface area contributed by atoms with Crippen molar-refractivity contribution in [2.75, 3.05) is 5.32 Å². The molecule has 1 unspecified atom stereocenters. The van der Waals surface area contributed by atoms with Gasteiger partial charge in [-0.1, -0.05) is 6.92 Å². The van der Waals surface area contributed by atoms with Gasteiger partial charge < -0.3 is 15.0 Å². The van der Waals surface area contributed by atoms with Gasteiger partial charge in [0.15, 0.2) is 6.36 Å². The summed E-state index contributed by atoms with van der Waals surface area (Å²) in [5.74, 6) is 0.443. The zero-order chi connectivity index (χ0) is 21.4. The fraction of sp³-hybridized carbons (Fsp3) is 0.409. The summed E-state index contributed by atoms with van der Waals surface area (Å²) in [6.07, 6.45) is 7.80. The summed E-state index contributed by atoms with van der Waals surface area (Å²) in [6.45, 7) is 1.78. The predicted octanol–water partition coefficient (Wildman–Crippen LogP) is 4.01. The summed E-state index contributed by atoms with van der Waals surface area (Å²) in [6, 6.07) is 6.00. The first-order valence-corrected chi connectivity index (χ1v) is 10.7. The second-order valence-corrected chi connectivity index (χ2v) is 8.03. The lowest BCUT2D eigenvalue weighted by Crippen LogP contribution is -2.32. The number of rotatable bonds is 6. The Labute approximate surface area is 177 Å². The minimum absolute atomic E-state index is 0.0402. The number of fused-ring (bicyclic) bond motifs is 2. The summed E-state index contributed by atoms with van der Waals surface area (Å²) in [5.41, 5.74) is 3.01. The smallest absolute Gasteiger partial charge is 0.262 e. The molecule has 0 bridgehead atoms. The summed E-state index contributed by atoms with van der Waals surface area (Å²) >= 11 is 0. The molecule has 4 aromatic rings. The van der Waals surface area contributed by atoms with Gasteiger partial charge in [-0.05, 0) is 49.4 Å². The van der Waals surface area contributed by atoms with E-state index in [2.05, 4.69) is 25.4 Å². The van der Waals surface area contributed by atoms with Gasteiger partial charge in [-0.2, -0.15) is 10.1 Å². The van der Waals surface area contributed by atoms with E-state index in [1.54, 1.807) is 17.6 Å². The van der Waals surface area contributed by atoms with E-state index >= 15 is 0 Å². The second-order valence-electron chi connectivity index (χ2n) is 8.03. The van der Waals surface area contributed by atoms with Gasteiger partial charge in [-0.3, -0.25) is 9.78 Å². The largest absolute Gasteiger partial charge is 0.353 e. The normalized spacial score (nSPS) is 20.3. The van der Waals surface area contributed by atoms with Crippen molar-refractivity contribution in [1.82, 2.24) is 24.6 Å². The van der Waals surface area contributed by atoms with E-state index in [0.717, 1.165) is 42.3 Å². The molecule has 4 aromatic heterocycles. The molecule has 31 heavy (non-hydrogen) atoms. The number of H-pyrrole nitrogens is 2. The number of hydrogen-bond acceptors (Lipinski definition) is 5. The van der Waals surface area contributed by atoms with Crippen LogP contribution in [0.1, 0.15) is 39.0 Å². The first kappa shape index (κ1) is 19.7. The van der Waals surface area contributed by atoms with Crippen LogP contribution in [0.2, 0.25) is 0 Å². The fourth-order valence-corrected chi connectivity index (χ4v) is 4.27. The summed E-state index contributed by atoms with van der Waals surface area (Å²) < 4.78 is 20.6. The van der Waals surface area contributed by atoms with Crippen LogP contribution in [0.4, 0.5) is 10.3 Å². The Kier molecular flexibility index (Phi) is 5.19. The molecule has 4 heterocycles. The molecule has 0 saturated heterocycles. The topological polar surface area (TPSA) is 100 Å². The number of hydrogen-bond donors (Lipinski definition) is 3. The number of halogens is 1. The molecule has 5 rings (SSSR count). The predicted molar refractivity (Wildman–Crippen MR) is 117 cm³/mol. The standard InChI is InChI=1S/C22H25FN6O2/c1-2-18(23)31-16-5-3-14(4-6-16)26-22-27-20-19(21(30)28-22)17(12-24-20)13-8-10-29-15(11-13)7-9-25-29/h7-12,14,16,18H,2-6H2,1H3,(H3,24,26,27,28,30). The quantitative estimate of drug-likeness (QED) is 0.434. The lowest BCUT2D eigenvalue weighted by atomic mass is 9.93. The van der Waals surface area contributed by atoms with Crippen molar-refractivity contribution in [2.45, 2.75) is 57.5 Å². The van der Waals surface area contributed by atoms with Gasteiger partial charge in [-0.25, -0.2) is 8.91 Å². The number of aromatic amines is 2. The number of nitrogens with one attached hydrogen (secondary N) is 3. The highest BCUT2D eigenvalue weighted by Gasteiger charge is 2.24. The van der Waals surface area contributed by atoms with Crippen molar-refractivity contribution in [3.8, 4) is 11.1 Å². The Balaban J connectivity index is 1.34. The number of aromatic nitrogens is 5. The van der Waals surface area contributed by atoms with Gasteiger partial charge in [0.1, 0.15) is 5.65 Å². The SMILES string of the molecule is CCC(F)OC1CCC(Nc2nc3[nH]cc(-c4ccn5nccc5c4)c3c(=O)[nH]2)CC1. The summed E-state index contributed by atoms with van der Waals surface area (Å²) in [4.78, 5) is 23.5. The van der Waals surface area contributed by atoms with Crippen LogP contribution in [0.15, 0.2) is 41.6 Å². The highest BCUT2D eigenvalue weighted by atomic mass is 19.1. The van der Waals surface area contributed by atoms with Crippen LogP contribution in [0.25, 0.3) is 27.7 Å². The Morgan fingerprint density at radius 1 is 1.32 bits per heavy atom. The van der Waals surface area contributed by atoms with Gasteiger partial charge in [0.25, 0.3) is 5.56 Å². The first-order chi connectivity index (χ1) is 15.1. The fourth-order valence-electron chi connectivity index (χ4n) is 4.27. The number of nitrogens with zero attached hydrogens (tertiary/aromatic N) is 3. The molecule has 9 heteroatoms. The maximum atomic E-state index is 13.4. The van der Waals surface area contributed by atoms with Crippen molar-refractivity contribution < 1.29 is 9.13 Å². The molecule has 1 atom stereocenters. The lowest BCUT2D eigenvalue weighted by Gasteiger charge is -2.29. The van der Waals surface area contributed by atoms with E-state index in [1.807, 2.05) is 30.6 Å². The van der Waals surface area contributed by atoms with Gasteiger partial charge in [0, 0.05) is 36.6 Å². The van der Waals surface area contributed by atoms with E-state index in [4.69, 9.17) is 4.74 Å². The molecule has 0 amide bonds. The third kappa shape index (κ3) is 3.93. The summed E-state index contributed by atoms with van der Waals surface area (Å²) in [5, 5.41) is 8.06. The van der Waals surface area contributed by atoms with Gasteiger partial charge in [0.05, 0.1) is 17.0 Å². The van der Waals surface area contributed by atoms with E-state index in [1.165, 1.54) is 0 Å². The average molecular weight is 424 g/mol. The summed E-state index contributed by atoms with van der Waals surface area (Å²) in [7, 11) is 0. The van der Waals surface area contributed by atoms with Gasteiger partial charge in [-0.15, -0.1) is 0 Å². The maximum absolute atomic E-state index is 13.4. The van der Waals surface area contributed by atoms with Crippen molar-refractivity contribution in [3.05, 3.63) is 47.1 Å². The highest BCUT2D eigenvalue weighted by Crippen LogP contribution is 2.28. The molecule has 0 spiro atoms. The van der Waals surface area contributed by atoms with Crippen LogP contribution in [0.3, 0.4) is 0 Å². The van der Waals surface area contributed by atoms with Crippen LogP contribution in [-0.4, -0.2) is 43.1 Å². The van der Waals surface area contributed by atoms with Gasteiger partial charge >= 0.3 is 0 Å². The number of pyridine rings is 1. The van der Waals surface area contributed by atoms with Gasteiger partial charge in [0.2, 0.25) is 5.95 Å². The van der Waals surface area contributed by atoms with E-state index < -0.39 is 6.36 Å². The number of alkyl halides is 1. The first-order valence-electron chi connectivity index (χ1n) is 10.7. The van der Waals surface area contributed by atoms with Crippen LogP contribution in [0.5, 0.6) is 0 Å². The number of anilines is 1. The average Bonchev–Trinajstić information content (AvgIpc) is 3.41. The minimum atomic E-state index is -1.19. The molecule has 1 saturated carbocycles. The van der Waals surface area contributed by atoms with Crippen LogP contribution in [0, 0.1) is 0 Å². The van der Waals surface area contributed by atoms with Crippen molar-refractivity contribution in [1.29, 1.82) is 0 Å². The Bertz CT molecular complexity index is 1250. The Hall–Kier alpha value is -3.20. The monoisotopic (exact) mass is 424 g/mol. The minimum Gasteiger partial charge on any atom is -0.353 e. The molecule has 1 aliphatic carbocycles. The van der Waals surface area contributed by atoms with Crippen LogP contribution in [-0.2, 0) is 4.74 Å². The molecular weight excluding hydrogens is 399 g/mol. The van der Waals surface area contributed by atoms with Crippen molar-refractivity contribution in [2.24, 2.45) is 0 Å². The Morgan fingerprint density at radius 2 is 2.16 bits per heavy atom. The molecule has 8 nitrogen and oxygen atoms in total. The Morgan fingerprint density at radius 3 is 2.97 bits per heavy atom. The molecule has 1 fully saturated rings. The zero-order valence-corrected chi connectivity index (χ0v) is 17.3. The van der Waals surface area contributed by atoms with Crippen molar-refractivity contribution in [3.63, 3.8) is 0 Å². The second kappa shape index (κ2) is 8.14. The zero-order valence-electron chi connectivity index (χ0n) is 17.3. The molecule has 0 aromatic carbocycles. The third-order valence-electron chi connectivity index (χ3n) is 5.93. The number of ether oxygens (including phenoxy) is 1. The molecular formula is C22H25FN6O2.